The lowest BCUT2D eigenvalue weighted by Crippen LogP contribution is -2.02. The Morgan fingerprint density at radius 2 is 2.33 bits per heavy atom. The van der Waals surface area contributed by atoms with Crippen LogP contribution in [-0.4, -0.2) is 21.0 Å². The summed E-state index contributed by atoms with van der Waals surface area (Å²) in [5, 5.41) is 13.1. The minimum absolute atomic E-state index is 0.164. The van der Waals surface area contributed by atoms with Crippen molar-refractivity contribution in [2.24, 2.45) is 0 Å². The fraction of sp³-hybridized carbons (Fsp3) is 0.667. The molecule has 1 atom stereocenters. The quantitative estimate of drug-likeness (QED) is 0.675. The van der Waals surface area contributed by atoms with Gasteiger partial charge in [-0.15, -0.1) is 0 Å². The molecule has 0 aliphatic carbocycles. The zero-order valence-corrected chi connectivity index (χ0v) is 7.48. The van der Waals surface area contributed by atoms with Gasteiger partial charge in [-0.25, -0.2) is 0 Å². The van der Waals surface area contributed by atoms with Crippen LogP contribution in [0.2, 0.25) is 0 Å². The van der Waals surface area contributed by atoms with E-state index in [-0.39, 0.29) is 6.10 Å². The molecule has 1 heterocycles. The normalized spacial score (nSPS) is 13.2. The lowest BCUT2D eigenvalue weighted by atomic mass is 10.2. The molecule has 1 aromatic rings. The number of aromatic nitrogens is 2. The lowest BCUT2D eigenvalue weighted by molar-refractivity contribution is 0.180. The average molecular weight is 168 g/mol. The molecule has 0 aliphatic heterocycles. The minimum Gasteiger partial charge on any atom is -0.393 e. The van der Waals surface area contributed by atoms with Crippen molar-refractivity contribution in [2.75, 3.05) is 0 Å². The third kappa shape index (κ3) is 3.53. The van der Waals surface area contributed by atoms with Crippen LogP contribution in [-0.2, 0) is 6.54 Å². The van der Waals surface area contributed by atoms with Gasteiger partial charge in [0.2, 0.25) is 0 Å². The number of unbranched alkanes of at least 4 members (excludes halogenated alkanes) is 1. The topological polar surface area (TPSA) is 38.0 Å². The molecule has 0 radical (unpaired) electrons. The molecule has 3 heteroatoms. The molecule has 1 N–H and O–H groups in total. The largest absolute Gasteiger partial charge is 0.393 e. The van der Waals surface area contributed by atoms with Crippen molar-refractivity contribution in [3.63, 3.8) is 0 Å². The van der Waals surface area contributed by atoms with Gasteiger partial charge in [-0.2, -0.15) is 5.10 Å². The van der Waals surface area contributed by atoms with E-state index >= 15 is 0 Å². The molecule has 1 aromatic heterocycles. The van der Waals surface area contributed by atoms with Crippen LogP contribution < -0.4 is 0 Å². The van der Waals surface area contributed by atoms with E-state index in [1.54, 1.807) is 6.20 Å². The second kappa shape index (κ2) is 4.93. The molecule has 0 fully saturated rings. The number of rotatable bonds is 5. The van der Waals surface area contributed by atoms with Crippen LogP contribution in [0.15, 0.2) is 18.5 Å². The highest BCUT2D eigenvalue weighted by Gasteiger charge is 1.95. The van der Waals surface area contributed by atoms with E-state index in [4.69, 9.17) is 5.11 Å². The molecule has 3 nitrogen and oxygen atoms in total. The molecule has 0 unspecified atom stereocenters. The van der Waals surface area contributed by atoms with Crippen molar-refractivity contribution in [2.45, 2.75) is 38.8 Å². The maximum Gasteiger partial charge on any atom is 0.0512 e. The predicted molar refractivity (Wildman–Crippen MR) is 47.8 cm³/mol. The predicted octanol–water partition coefficient (Wildman–Crippen LogP) is 1.43. The van der Waals surface area contributed by atoms with Crippen molar-refractivity contribution in [3.05, 3.63) is 18.5 Å². The first-order valence-corrected chi connectivity index (χ1v) is 4.44. The van der Waals surface area contributed by atoms with Gasteiger partial charge in [-0.3, -0.25) is 4.68 Å². The Morgan fingerprint density at radius 3 is 2.92 bits per heavy atom. The highest BCUT2D eigenvalue weighted by Crippen LogP contribution is 2.01. The summed E-state index contributed by atoms with van der Waals surface area (Å²) in [6, 6.07) is 1.93. The average Bonchev–Trinajstić information content (AvgIpc) is 2.49. The summed E-state index contributed by atoms with van der Waals surface area (Å²) in [6.07, 6.45) is 6.63. The van der Waals surface area contributed by atoms with Crippen LogP contribution in [0.5, 0.6) is 0 Å². The smallest absolute Gasteiger partial charge is 0.0512 e. The SMILES string of the molecule is C[C@@H](O)CCCCn1cccn1. The summed E-state index contributed by atoms with van der Waals surface area (Å²) in [5.74, 6) is 0. The number of aliphatic hydroxyl groups excluding tert-OH is 1. The fourth-order valence-electron chi connectivity index (χ4n) is 1.15. The van der Waals surface area contributed by atoms with E-state index in [9.17, 15) is 0 Å². The van der Waals surface area contributed by atoms with Crippen LogP contribution in [0, 0.1) is 0 Å². The van der Waals surface area contributed by atoms with Gasteiger partial charge in [-0.1, -0.05) is 0 Å². The van der Waals surface area contributed by atoms with Gasteiger partial charge in [0.1, 0.15) is 0 Å². The Kier molecular flexibility index (Phi) is 3.80. The van der Waals surface area contributed by atoms with Crippen molar-refractivity contribution in [1.82, 2.24) is 9.78 Å². The number of hydrogen-bond donors (Lipinski definition) is 1. The number of aliphatic hydroxyl groups is 1. The molecule has 0 saturated carbocycles. The zero-order chi connectivity index (χ0) is 8.81. The minimum atomic E-state index is -0.164. The molecule has 1 rings (SSSR count). The van der Waals surface area contributed by atoms with Crippen LogP contribution in [0.1, 0.15) is 26.2 Å². The highest BCUT2D eigenvalue weighted by molar-refractivity contribution is 4.77. The summed E-state index contributed by atoms with van der Waals surface area (Å²) in [7, 11) is 0. The van der Waals surface area contributed by atoms with Gasteiger partial charge in [0.15, 0.2) is 0 Å². The Morgan fingerprint density at radius 1 is 1.50 bits per heavy atom. The Hall–Kier alpha value is -0.830. The molecule has 12 heavy (non-hydrogen) atoms. The van der Waals surface area contributed by atoms with Crippen molar-refractivity contribution < 1.29 is 5.11 Å². The molecule has 0 spiro atoms. The van der Waals surface area contributed by atoms with Gasteiger partial charge in [0.05, 0.1) is 6.10 Å². The number of nitrogens with zero attached hydrogens (tertiary/aromatic N) is 2. The van der Waals surface area contributed by atoms with Crippen LogP contribution in [0.25, 0.3) is 0 Å². The molecule has 0 amide bonds. The molecule has 0 saturated heterocycles. The van der Waals surface area contributed by atoms with Crippen LogP contribution in [0.3, 0.4) is 0 Å². The van der Waals surface area contributed by atoms with Crippen LogP contribution in [0.4, 0.5) is 0 Å². The molecule has 0 aliphatic rings. The van der Waals surface area contributed by atoms with Gasteiger partial charge in [-0.05, 0) is 32.3 Å². The lowest BCUT2D eigenvalue weighted by Gasteiger charge is -2.03. The molecular weight excluding hydrogens is 152 g/mol. The second-order valence-electron chi connectivity index (χ2n) is 3.11. The van der Waals surface area contributed by atoms with Crippen LogP contribution >= 0.6 is 0 Å². The van der Waals surface area contributed by atoms with E-state index in [1.165, 1.54) is 0 Å². The number of hydrogen-bond acceptors (Lipinski definition) is 2. The highest BCUT2D eigenvalue weighted by atomic mass is 16.3. The maximum atomic E-state index is 8.99. The summed E-state index contributed by atoms with van der Waals surface area (Å²) in [5.41, 5.74) is 0. The first-order chi connectivity index (χ1) is 5.79. The van der Waals surface area contributed by atoms with Crippen molar-refractivity contribution >= 4 is 0 Å². The Labute approximate surface area is 73.0 Å². The summed E-state index contributed by atoms with van der Waals surface area (Å²) in [4.78, 5) is 0. The second-order valence-corrected chi connectivity index (χ2v) is 3.11. The third-order valence-electron chi connectivity index (χ3n) is 1.82. The van der Waals surface area contributed by atoms with Crippen molar-refractivity contribution in [1.29, 1.82) is 0 Å². The molecular formula is C9H16N2O. The first-order valence-electron chi connectivity index (χ1n) is 4.44. The molecule has 68 valence electrons. The monoisotopic (exact) mass is 168 g/mol. The Bertz CT molecular complexity index is 194. The van der Waals surface area contributed by atoms with Crippen molar-refractivity contribution in [3.8, 4) is 0 Å². The van der Waals surface area contributed by atoms with Gasteiger partial charge in [0, 0.05) is 18.9 Å². The summed E-state index contributed by atoms with van der Waals surface area (Å²) in [6.45, 7) is 2.79. The number of aryl methyl sites for hydroxylation is 1. The van der Waals surface area contributed by atoms with Gasteiger partial charge in [0.25, 0.3) is 0 Å². The summed E-state index contributed by atoms with van der Waals surface area (Å²) >= 11 is 0. The Balaban J connectivity index is 2.04. The maximum absolute atomic E-state index is 8.99. The van der Waals surface area contributed by atoms with Gasteiger partial charge < -0.3 is 5.11 Å². The van der Waals surface area contributed by atoms with E-state index in [0.29, 0.717) is 0 Å². The van der Waals surface area contributed by atoms with E-state index in [2.05, 4.69) is 5.10 Å². The first kappa shape index (κ1) is 9.26. The fourth-order valence-corrected chi connectivity index (χ4v) is 1.15. The van der Waals surface area contributed by atoms with Gasteiger partial charge >= 0.3 is 0 Å². The molecule has 0 aromatic carbocycles. The summed E-state index contributed by atoms with van der Waals surface area (Å²) < 4.78 is 1.92. The van der Waals surface area contributed by atoms with E-state index in [1.807, 2.05) is 23.9 Å². The van der Waals surface area contributed by atoms with E-state index in [0.717, 1.165) is 25.8 Å². The standard InChI is InChI=1S/C9H16N2O/c1-9(12)5-2-3-7-11-8-4-6-10-11/h4,6,8-9,12H,2-3,5,7H2,1H3/t9-/m1/s1. The van der Waals surface area contributed by atoms with E-state index < -0.39 is 0 Å². The third-order valence-corrected chi connectivity index (χ3v) is 1.82. The molecule has 0 bridgehead atoms. The zero-order valence-electron chi connectivity index (χ0n) is 7.48.